The van der Waals surface area contributed by atoms with Gasteiger partial charge in [0.05, 0.1) is 0 Å². The Morgan fingerprint density at radius 2 is 2.11 bits per heavy atom. The highest BCUT2D eigenvalue weighted by Crippen LogP contribution is 2.12. The molecule has 1 aromatic carbocycles. The fourth-order valence-electron chi connectivity index (χ4n) is 1.17. The molecule has 3 N–H and O–H groups in total. The molecule has 6 nitrogen and oxygen atoms in total. The van der Waals surface area contributed by atoms with Gasteiger partial charge < -0.3 is 15.5 Å². The van der Waals surface area contributed by atoms with Crippen LogP contribution < -0.4 is 5.32 Å². The largest absolute Gasteiger partial charge is 0.507 e. The molecule has 0 saturated carbocycles. The second kappa shape index (κ2) is 6.39. The van der Waals surface area contributed by atoms with Gasteiger partial charge in [0.2, 0.25) is 5.91 Å². The molecule has 0 aliphatic heterocycles. The zero-order valence-electron chi connectivity index (χ0n) is 9.83. The molecule has 0 unspecified atom stereocenters. The average molecular weight is 250 g/mol. The first-order valence-corrected chi connectivity index (χ1v) is 5.31. The van der Waals surface area contributed by atoms with Gasteiger partial charge in [-0.25, -0.2) is 0 Å². The van der Waals surface area contributed by atoms with Gasteiger partial charge in [0.15, 0.2) is 0 Å². The maximum atomic E-state index is 11.4. The van der Waals surface area contributed by atoms with Crippen LogP contribution in [-0.4, -0.2) is 40.9 Å². The third-order valence-electron chi connectivity index (χ3n) is 2.17. The molecule has 0 aliphatic rings. The molecule has 18 heavy (non-hydrogen) atoms. The van der Waals surface area contributed by atoms with Crippen LogP contribution in [0.25, 0.3) is 0 Å². The van der Waals surface area contributed by atoms with E-state index in [2.05, 4.69) is 10.3 Å². The third kappa shape index (κ3) is 4.25. The average Bonchev–Trinajstić information content (AvgIpc) is 2.34. The molecule has 1 amide bonds. The number of nitrogens with zero attached hydrogens (tertiary/aromatic N) is 1. The monoisotopic (exact) mass is 250 g/mol. The molecule has 0 heterocycles. The van der Waals surface area contributed by atoms with Crippen LogP contribution in [0, 0.1) is 0 Å². The van der Waals surface area contributed by atoms with E-state index in [0.717, 1.165) is 0 Å². The van der Waals surface area contributed by atoms with Crippen LogP contribution in [0.3, 0.4) is 0 Å². The molecule has 0 aromatic heterocycles. The Hall–Kier alpha value is -2.37. The van der Waals surface area contributed by atoms with Gasteiger partial charge in [-0.3, -0.25) is 14.6 Å². The molecular formula is C12H14N2O4. The second-order valence-electron chi connectivity index (χ2n) is 3.62. The van der Waals surface area contributed by atoms with Crippen molar-refractivity contribution in [3.8, 4) is 5.75 Å². The van der Waals surface area contributed by atoms with Crippen LogP contribution in [0.15, 0.2) is 29.3 Å². The lowest BCUT2D eigenvalue weighted by Crippen LogP contribution is -2.35. The highest BCUT2D eigenvalue weighted by atomic mass is 16.4. The zero-order valence-corrected chi connectivity index (χ0v) is 9.83. The van der Waals surface area contributed by atoms with Crippen LogP contribution in [0.1, 0.15) is 12.5 Å². The summed E-state index contributed by atoms with van der Waals surface area (Å²) in [4.78, 5) is 25.6. The SMILES string of the molecule is C[C@@H](N=Cc1ccccc1O)C(=O)NCC(=O)O. The van der Waals surface area contributed by atoms with E-state index in [1.165, 1.54) is 19.2 Å². The van der Waals surface area contributed by atoms with Crippen LogP contribution in [-0.2, 0) is 9.59 Å². The van der Waals surface area contributed by atoms with Gasteiger partial charge in [-0.1, -0.05) is 12.1 Å². The quantitative estimate of drug-likeness (QED) is 0.659. The first kappa shape index (κ1) is 13.7. The summed E-state index contributed by atoms with van der Waals surface area (Å²) in [7, 11) is 0. The van der Waals surface area contributed by atoms with Gasteiger partial charge in [-0.2, -0.15) is 0 Å². The zero-order chi connectivity index (χ0) is 13.5. The van der Waals surface area contributed by atoms with E-state index < -0.39 is 24.5 Å². The molecular weight excluding hydrogens is 236 g/mol. The van der Waals surface area contributed by atoms with Crippen LogP contribution in [0.4, 0.5) is 0 Å². The fraction of sp³-hybridized carbons (Fsp3) is 0.250. The number of carboxylic acids is 1. The Bertz CT molecular complexity index is 471. The van der Waals surface area contributed by atoms with Gasteiger partial charge in [0.1, 0.15) is 18.3 Å². The Labute approximate surface area is 104 Å². The van der Waals surface area contributed by atoms with E-state index >= 15 is 0 Å². The molecule has 0 spiro atoms. The van der Waals surface area contributed by atoms with Crippen molar-refractivity contribution in [1.82, 2.24) is 5.32 Å². The van der Waals surface area contributed by atoms with Crippen molar-refractivity contribution in [1.29, 1.82) is 0 Å². The normalized spacial score (nSPS) is 12.3. The number of amides is 1. The summed E-state index contributed by atoms with van der Waals surface area (Å²) in [6, 6.07) is 5.85. The summed E-state index contributed by atoms with van der Waals surface area (Å²) in [5.41, 5.74) is 0.496. The predicted molar refractivity (Wildman–Crippen MR) is 65.8 cm³/mol. The molecule has 0 radical (unpaired) electrons. The predicted octanol–water partition coefficient (Wildman–Crippen LogP) is 0.400. The van der Waals surface area contributed by atoms with Crippen LogP contribution >= 0.6 is 0 Å². The van der Waals surface area contributed by atoms with E-state index in [0.29, 0.717) is 5.56 Å². The van der Waals surface area contributed by atoms with E-state index in [1.807, 2.05) is 0 Å². The van der Waals surface area contributed by atoms with Crippen molar-refractivity contribution in [2.24, 2.45) is 4.99 Å². The van der Waals surface area contributed by atoms with Crippen molar-refractivity contribution in [2.45, 2.75) is 13.0 Å². The number of carbonyl (C=O) groups is 2. The molecule has 0 aliphatic carbocycles. The Morgan fingerprint density at radius 3 is 2.72 bits per heavy atom. The highest BCUT2D eigenvalue weighted by Gasteiger charge is 2.11. The molecule has 1 rings (SSSR count). The Balaban J connectivity index is 2.59. The van der Waals surface area contributed by atoms with Gasteiger partial charge >= 0.3 is 5.97 Å². The summed E-state index contributed by atoms with van der Waals surface area (Å²) >= 11 is 0. The van der Waals surface area contributed by atoms with Gasteiger partial charge in [-0.15, -0.1) is 0 Å². The molecule has 0 bridgehead atoms. The number of aromatic hydroxyl groups is 1. The topological polar surface area (TPSA) is 99.0 Å². The van der Waals surface area contributed by atoms with Crippen molar-refractivity contribution >= 4 is 18.1 Å². The lowest BCUT2D eigenvalue weighted by Gasteiger charge is -2.06. The summed E-state index contributed by atoms with van der Waals surface area (Å²) in [5.74, 6) is -1.52. The highest BCUT2D eigenvalue weighted by molar-refractivity contribution is 5.89. The van der Waals surface area contributed by atoms with Crippen molar-refractivity contribution in [3.05, 3.63) is 29.8 Å². The third-order valence-corrected chi connectivity index (χ3v) is 2.17. The smallest absolute Gasteiger partial charge is 0.322 e. The number of aliphatic imine (C=N–C) groups is 1. The second-order valence-corrected chi connectivity index (χ2v) is 3.62. The van der Waals surface area contributed by atoms with Crippen molar-refractivity contribution in [3.63, 3.8) is 0 Å². The van der Waals surface area contributed by atoms with Gasteiger partial charge in [0.25, 0.3) is 0 Å². The number of nitrogens with one attached hydrogen (secondary N) is 1. The molecule has 1 aromatic rings. The number of hydrogen-bond donors (Lipinski definition) is 3. The number of benzene rings is 1. The molecule has 0 saturated heterocycles. The van der Waals surface area contributed by atoms with E-state index in [-0.39, 0.29) is 5.75 Å². The maximum absolute atomic E-state index is 11.4. The lowest BCUT2D eigenvalue weighted by molar-refractivity contribution is -0.138. The number of carboxylic acid groups (broad SMARTS) is 1. The number of hydrogen-bond acceptors (Lipinski definition) is 4. The number of phenolic OH excluding ortho intramolecular Hbond substituents is 1. The summed E-state index contributed by atoms with van der Waals surface area (Å²) in [5, 5.41) is 20.1. The van der Waals surface area contributed by atoms with E-state index in [1.54, 1.807) is 18.2 Å². The molecule has 96 valence electrons. The summed E-state index contributed by atoms with van der Waals surface area (Å²) in [6.07, 6.45) is 1.38. The number of phenols is 1. The van der Waals surface area contributed by atoms with Gasteiger partial charge in [0, 0.05) is 11.8 Å². The summed E-state index contributed by atoms with van der Waals surface area (Å²) < 4.78 is 0. The minimum atomic E-state index is -1.11. The number of para-hydroxylation sites is 1. The minimum Gasteiger partial charge on any atom is -0.507 e. The van der Waals surface area contributed by atoms with Crippen LogP contribution in [0.2, 0.25) is 0 Å². The fourth-order valence-corrected chi connectivity index (χ4v) is 1.17. The first-order valence-electron chi connectivity index (χ1n) is 5.31. The minimum absolute atomic E-state index is 0.0689. The lowest BCUT2D eigenvalue weighted by atomic mass is 10.2. The number of carbonyl (C=O) groups excluding carboxylic acids is 1. The van der Waals surface area contributed by atoms with Crippen LogP contribution in [0.5, 0.6) is 5.75 Å². The number of rotatable bonds is 5. The van der Waals surface area contributed by atoms with Crippen molar-refractivity contribution < 1.29 is 19.8 Å². The van der Waals surface area contributed by atoms with Gasteiger partial charge in [-0.05, 0) is 19.1 Å². The molecule has 6 heteroatoms. The summed E-state index contributed by atoms with van der Waals surface area (Å²) in [6.45, 7) is 1.10. The van der Waals surface area contributed by atoms with E-state index in [4.69, 9.17) is 5.11 Å². The first-order chi connectivity index (χ1) is 8.50. The van der Waals surface area contributed by atoms with Crippen molar-refractivity contribution in [2.75, 3.05) is 6.54 Å². The molecule has 0 fully saturated rings. The molecule has 1 atom stereocenters. The Kier molecular flexibility index (Phi) is 4.86. The Morgan fingerprint density at radius 1 is 1.44 bits per heavy atom. The number of aliphatic carboxylic acids is 1. The maximum Gasteiger partial charge on any atom is 0.322 e. The standard InChI is InChI=1S/C12H14N2O4/c1-8(12(18)14-7-11(16)17)13-6-9-4-2-3-5-10(9)15/h2-6,8,15H,7H2,1H3,(H,14,18)(H,16,17)/t8-/m1/s1. The van der Waals surface area contributed by atoms with E-state index in [9.17, 15) is 14.7 Å².